The van der Waals surface area contributed by atoms with Gasteiger partial charge in [0.25, 0.3) is 0 Å². The lowest BCUT2D eigenvalue weighted by Gasteiger charge is -2.20. The predicted molar refractivity (Wildman–Crippen MR) is 83.4 cm³/mol. The molecular formula is C16H17ClF3NO3. The minimum atomic E-state index is -4.76. The van der Waals surface area contributed by atoms with Crippen molar-refractivity contribution in [3.05, 3.63) is 47.9 Å². The van der Waals surface area contributed by atoms with Gasteiger partial charge in [0.1, 0.15) is 11.9 Å². The van der Waals surface area contributed by atoms with Gasteiger partial charge in [-0.3, -0.25) is 4.90 Å². The molecular weight excluding hydrogens is 347 g/mol. The fraction of sp³-hybridized carbons (Fsp3) is 0.375. The summed E-state index contributed by atoms with van der Waals surface area (Å²) in [7, 11) is 1.95. The van der Waals surface area contributed by atoms with Crippen LogP contribution in [0.15, 0.2) is 41.0 Å². The summed E-state index contributed by atoms with van der Waals surface area (Å²) in [5.74, 6) is 0.485. The first-order valence-electron chi connectivity index (χ1n) is 7.18. The number of alkyl halides is 3. The maximum Gasteiger partial charge on any atom is 0.573 e. The molecule has 1 atom stereocenters. The number of halogens is 4. The highest BCUT2D eigenvalue weighted by molar-refractivity contribution is 5.85. The number of hydrogen-bond donors (Lipinski definition) is 0. The summed E-state index contributed by atoms with van der Waals surface area (Å²) in [5, 5.41) is 0. The van der Waals surface area contributed by atoms with Gasteiger partial charge in [0, 0.05) is 18.5 Å². The molecule has 1 aromatic carbocycles. The van der Waals surface area contributed by atoms with E-state index in [0.717, 1.165) is 17.9 Å². The fourth-order valence-electron chi connectivity index (χ4n) is 2.62. The molecule has 1 aliphatic rings. The standard InChI is InChI=1S/C16H16F3NO3.ClH/c1-20-8-6-12(11-7-9-21-15(11)10-20)22-13-4-2-3-5-14(13)23-16(17,18)19;/h2-5,7,9,12H,6,8,10H2,1H3;1H. The zero-order valence-electron chi connectivity index (χ0n) is 12.9. The van der Waals surface area contributed by atoms with Crippen LogP contribution in [-0.4, -0.2) is 24.9 Å². The molecule has 1 unspecified atom stereocenters. The zero-order valence-corrected chi connectivity index (χ0v) is 13.7. The summed E-state index contributed by atoms with van der Waals surface area (Å²) in [6.07, 6.45) is -2.93. The topological polar surface area (TPSA) is 34.8 Å². The van der Waals surface area contributed by atoms with Gasteiger partial charge < -0.3 is 13.9 Å². The fourth-order valence-corrected chi connectivity index (χ4v) is 2.62. The van der Waals surface area contributed by atoms with Crippen LogP contribution in [0.25, 0.3) is 0 Å². The van der Waals surface area contributed by atoms with E-state index >= 15 is 0 Å². The molecule has 0 N–H and O–H groups in total. The number of ether oxygens (including phenoxy) is 2. The molecule has 2 heterocycles. The number of nitrogens with zero attached hydrogens (tertiary/aromatic N) is 1. The van der Waals surface area contributed by atoms with Crippen molar-refractivity contribution in [2.45, 2.75) is 25.4 Å². The van der Waals surface area contributed by atoms with Crippen LogP contribution in [0.3, 0.4) is 0 Å². The first-order chi connectivity index (χ1) is 10.9. The highest BCUT2D eigenvalue weighted by atomic mass is 35.5. The second kappa shape index (κ2) is 7.36. The van der Waals surface area contributed by atoms with Crippen LogP contribution in [-0.2, 0) is 6.54 Å². The van der Waals surface area contributed by atoms with Crippen LogP contribution in [0.1, 0.15) is 23.8 Å². The quantitative estimate of drug-likeness (QED) is 0.801. The number of furan rings is 1. The molecule has 0 aliphatic carbocycles. The molecule has 0 amide bonds. The summed E-state index contributed by atoms with van der Waals surface area (Å²) in [4.78, 5) is 2.07. The van der Waals surface area contributed by atoms with E-state index in [4.69, 9.17) is 9.15 Å². The second-order valence-corrected chi connectivity index (χ2v) is 5.43. The Labute approximate surface area is 143 Å². The molecule has 132 valence electrons. The molecule has 2 aromatic rings. The molecule has 24 heavy (non-hydrogen) atoms. The van der Waals surface area contributed by atoms with Crippen molar-refractivity contribution in [1.29, 1.82) is 0 Å². The lowest BCUT2D eigenvalue weighted by atomic mass is 10.1. The van der Waals surface area contributed by atoms with E-state index in [0.29, 0.717) is 13.0 Å². The van der Waals surface area contributed by atoms with Crippen molar-refractivity contribution < 1.29 is 27.1 Å². The van der Waals surface area contributed by atoms with Gasteiger partial charge in [0.15, 0.2) is 11.5 Å². The number of hydrogen-bond acceptors (Lipinski definition) is 4. The van der Waals surface area contributed by atoms with Crippen LogP contribution in [0.5, 0.6) is 11.5 Å². The lowest BCUT2D eigenvalue weighted by molar-refractivity contribution is -0.275. The Morgan fingerprint density at radius 1 is 1.17 bits per heavy atom. The van der Waals surface area contributed by atoms with Crippen LogP contribution < -0.4 is 9.47 Å². The minimum Gasteiger partial charge on any atom is -0.482 e. The Kier molecular flexibility index (Phi) is 5.66. The molecule has 3 rings (SSSR count). The van der Waals surface area contributed by atoms with Gasteiger partial charge in [-0.1, -0.05) is 12.1 Å². The van der Waals surface area contributed by atoms with Gasteiger partial charge >= 0.3 is 6.36 Å². The van der Waals surface area contributed by atoms with Gasteiger partial charge in [-0.15, -0.1) is 25.6 Å². The van der Waals surface area contributed by atoms with E-state index < -0.39 is 6.36 Å². The van der Waals surface area contributed by atoms with Crippen LogP contribution in [0.2, 0.25) is 0 Å². The summed E-state index contributed by atoms with van der Waals surface area (Å²) in [6, 6.07) is 7.58. The number of rotatable bonds is 3. The molecule has 4 nitrogen and oxygen atoms in total. The van der Waals surface area contributed by atoms with Crippen molar-refractivity contribution in [2.24, 2.45) is 0 Å². The minimum absolute atomic E-state index is 0. The van der Waals surface area contributed by atoms with Gasteiger partial charge in [-0.05, 0) is 25.2 Å². The van der Waals surface area contributed by atoms with Gasteiger partial charge in [0.2, 0.25) is 0 Å². The van der Waals surface area contributed by atoms with E-state index in [1.165, 1.54) is 18.2 Å². The maximum atomic E-state index is 12.5. The smallest absolute Gasteiger partial charge is 0.482 e. The molecule has 1 aliphatic heterocycles. The Morgan fingerprint density at radius 3 is 2.58 bits per heavy atom. The molecule has 0 radical (unpaired) electrons. The summed E-state index contributed by atoms with van der Waals surface area (Å²) in [6.45, 7) is 1.39. The lowest BCUT2D eigenvalue weighted by Crippen LogP contribution is -2.19. The first-order valence-corrected chi connectivity index (χ1v) is 7.18. The highest BCUT2D eigenvalue weighted by Crippen LogP contribution is 2.37. The normalized spacial score (nSPS) is 18.2. The first kappa shape index (κ1) is 18.5. The number of para-hydroxylation sites is 2. The Hall–Kier alpha value is -1.86. The van der Waals surface area contributed by atoms with Gasteiger partial charge in [0.05, 0.1) is 12.8 Å². The van der Waals surface area contributed by atoms with Gasteiger partial charge in [-0.2, -0.15) is 0 Å². The van der Waals surface area contributed by atoms with Crippen LogP contribution in [0.4, 0.5) is 13.2 Å². The largest absolute Gasteiger partial charge is 0.573 e. The van der Waals surface area contributed by atoms with Crippen molar-refractivity contribution in [3.8, 4) is 11.5 Å². The third-order valence-electron chi connectivity index (χ3n) is 3.66. The van der Waals surface area contributed by atoms with Crippen molar-refractivity contribution in [3.63, 3.8) is 0 Å². The summed E-state index contributed by atoms with van der Waals surface area (Å²) in [5.41, 5.74) is 0.858. The highest BCUT2D eigenvalue weighted by Gasteiger charge is 2.33. The second-order valence-electron chi connectivity index (χ2n) is 5.43. The average molecular weight is 364 g/mol. The number of fused-ring (bicyclic) bond motifs is 1. The molecule has 0 spiro atoms. The monoisotopic (exact) mass is 363 g/mol. The van der Waals surface area contributed by atoms with E-state index in [9.17, 15) is 13.2 Å². The predicted octanol–water partition coefficient (Wildman–Crippen LogP) is 4.56. The van der Waals surface area contributed by atoms with Crippen molar-refractivity contribution in [2.75, 3.05) is 13.6 Å². The third-order valence-corrected chi connectivity index (χ3v) is 3.66. The molecule has 0 bridgehead atoms. The maximum absolute atomic E-state index is 12.5. The van der Waals surface area contributed by atoms with Crippen molar-refractivity contribution >= 4 is 12.4 Å². The van der Waals surface area contributed by atoms with Crippen LogP contribution >= 0.6 is 12.4 Å². The summed E-state index contributed by atoms with van der Waals surface area (Å²) < 4.78 is 52.8. The summed E-state index contributed by atoms with van der Waals surface area (Å²) >= 11 is 0. The van der Waals surface area contributed by atoms with Crippen LogP contribution in [0, 0.1) is 0 Å². The Balaban J connectivity index is 0.00000208. The van der Waals surface area contributed by atoms with E-state index in [1.807, 2.05) is 7.05 Å². The van der Waals surface area contributed by atoms with E-state index in [2.05, 4.69) is 9.64 Å². The molecule has 0 fully saturated rings. The van der Waals surface area contributed by atoms with E-state index in [1.54, 1.807) is 18.4 Å². The third kappa shape index (κ3) is 4.36. The van der Waals surface area contributed by atoms with Crippen molar-refractivity contribution in [1.82, 2.24) is 4.90 Å². The Bertz CT molecular complexity index is 675. The number of benzene rings is 1. The average Bonchev–Trinajstić information content (AvgIpc) is 2.86. The van der Waals surface area contributed by atoms with Gasteiger partial charge in [-0.25, -0.2) is 0 Å². The molecule has 0 saturated heterocycles. The zero-order chi connectivity index (χ0) is 16.4. The molecule has 8 heteroatoms. The molecule has 1 aromatic heterocycles. The SMILES string of the molecule is CN1CCC(Oc2ccccc2OC(F)(F)F)c2ccoc2C1.Cl. The van der Waals surface area contributed by atoms with E-state index in [-0.39, 0.29) is 30.0 Å². The molecule has 0 saturated carbocycles. The Morgan fingerprint density at radius 2 is 1.88 bits per heavy atom.